The summed E-state index contributed by atoms with van der Waals surface area (Å²) in [7, 11) is 1.55. The summed E-state index contributed by atoms with van der Waals surface area (Å²) >= 11 is 0.835. The number of hydrogen-bond acceptors (Lipinski definition) is 6. The fraction of sp³-hybridized carbons (Fsp3) is 0.0769. The smallest absolute Gasteiger partial charge is 0.354 e. The Balaban J connectivity index is 1.78. The number of pyridine rings is 1. The molecule has 0 bridgehead atoms. The van der Waals surface area contributed by atoms with Crippen molar-refractivity contribution in [2.45, 2.75) is 16.3 Å². The van der Waals surface area contributed by atoms with Crippen molar-refractivity contribution in [1.29, 1.82) is 0 Å². The minimum absolute atomic E-state index is 0.00275. The van der Waals surface area contributed by atoms with Crippen molar-refractivity contribution in [2.24, 2.45) is 0 Å². The molecular weight excluding hydrogens is 457 g/mol. The first kappa shape index (κ1) is 21.8. The highest BCUT2D eigenvalue weighted by Gasteiger charge is 2.22. The third-order valence-electron chi connectivity index (χ3n) is 5.49. The van der Waals surface area contributed by atoms with Crippen molar-refractivity contribution in [3.8, 4) is 11.5 Å². The van der Waals surface area contributed by atoms with Crippen LogP contribution in [0.3, 0.4) is 0 Å². The molecule has 0 saturated carbocycles. The highest BCUT2D eigenvalue weighted by atomic mass is 32.2. The van der Waals surface area contributed by atoms with E-state index < -0.39 is 22.8 Å². The molecule has 0 aliphatic heterocycles. The Kier molecular flexibility index (Phi) is 5.59. The molecule has 0 fully saturated rings. The zero-order valence-electron chi connectivity index (χ0n) is 17.9. The van der Waals surface area contributed by atoms with Gasteiger partial charge in [0.15, 0.2) is 11.3 Å². The third kappa shape index (κ3) is 3.72. The molecule has 0 unspecified atom stereocenters. The number of fused-ring (bicyclic) bond motifs is 3. The molecule has 1 N–H and O–H groups in total. The SMILES string of the molecule is COc1ccccc1Cn1c(=O)c2c(O)c(Sc3cccc(F)c3)c(=O)oc2c2ccccc21. The fourth-order valence-corrected chi connectivity index (χ4v) is 4.82. The van der Waals surface area contributed by atoms with E-state index in [2.05, 4.69) is 0 Å². The van der Waals surface area contributed by atoms with E-state index in [1.807, 2.05) is 18.2 Å². The molecule has 6 nitrogen and oxygen atoms in total. The maximum absolute atomic E-state index is 13.7. The molecule has 0 aliphatic rings. The number of halogens is 1. The second kappa shape index (κ2) is 8.72. The zero-order valence-corrected chi connectivity index (χ0v) is 18.8. The molecular formula is C26H18FNO5S. The summed E-state index contributed by atoms with van der Waals surface area (Å²) in [6.45, 7) is 0.171. The van der Waals surface area contributed by atoms with Crippen LogP contribution in [0.1, 0.15) is 5.56 Å². The predicted octanol–water partition coefficient (Wildman–Crippen LogP) is 5.16. The van der Waals surface area contributed by atoms with E-state index in [0.717, 1.165) is 17.3 Å². The van der Waals surface area contributed by atoms with Crippen LogP contribution in [0.5, 0.6) is 11.5 Å². The zero-order chi connectivity index (χ0) is 23.8. The van der Waals surface area contributed by atoms with E-state index in [0.29, 0.717) is 21.5 Å². The first-order valence-corrected chi connectivity index (χ1v) is 11.2. The van der Waals surface area contributed by atoms with E-state index in [-0.39, 0.29) is 22.4 Å². The molecule has 5 rings (SSSR count). The molecule has 0 aliphatic carbocycles. The highest BCUT2D eigenvalue weighted by molar-refractivity contribution is 7.99. The molecule has 2 heterocycles. The second-order valence-corrected chi connectivity index (χ2v) is 8.63. The Bertz CT molecular complexity index is 1670. The van der Waals surface area contributed by atoms with Gasteiger partial charge in [-0.25, -0.2) is 9.18 Å². The van der Waals surface area contributed by atoms with Gasteiger partial charge >= 0.3 is 5.63 Å². The van der Waals surface area contributed by atoms with Crippen LogP contribution in [0.25, 0.3) is 21.9 Å². The minimum Gasteiger partial charge on any atom is -0.505 e. The third-order valence-corrected chi connectivity index (χ3v) is 6.55. The lowest BCUT2D eigenvalue weighted by Gasteiger charge is -2.15. The number of hydrogen-bond donors (Lipinski definition) is 1. The number of methoxy groups -OCH3 is 1. The molecule has 2 aromatic heterocycles. The molecule has 0 atom stereocenters. The van der Waals surface area contributed by atoms with E-state index >= 15 is 0 Å². The Morgan fingerprint density at radius 2 is 1.79 bits per heavy atom. The standard InChI is InChI=1S/C26H18FNO5S/c1-32-20-12-5-2-7-15(20)14-28-19-11-4-3-10-18(19)23-21(25(28)30)22(29)24(26(31)33-23)34-17-9-6-8-16(27)13-17/h2-13,29H,14H2,1H3. The van der Waals surface area contributed by atoms with Crippen molar-refractivity contribution in [2.75, 3.05) is 7.11 Å². The summed E-state index contributed by atoms with van der Waals surface area (Å²) in [5, 5.41) is 11.5. The number of para-hydroxylation sites is 2. The van der Waals surface area contributed by atoms with Crippen molar-refractivity contribution in [1.82, 2.24) is 4.57 Å². The molecule has 3 aromatic carbocycles. The number of ether oxygens (including phenoxy) is 1. The molecule has 0 radical (unpaired) electrons. The molecule has 0 saturated heterocycles. The van der Waals surface area contributed by atoms with E-state index in [1.165, 1.54) is 22.8 Å². The number of benzene rings is 3. The van der Waals surface area contributed by atoms with Crippen LogP contribution in [-0.4, -0.2) is 16.8 Å². The summed E-state index contributed by atoms with van der Waals surface area (Å²) in [6, 6.07) is 19.9. The summed E-state index contributed by atoms with van der Waals surface area (Å²) in [5.41, 5.74) is -0.0296. The first-order valence-electron chi connectivity index (χ1n) is 10.3. The highest BCUT2D eigenvalue weighted by Crippen LogP contribution is 2.37. The van der Waals surface area contributed by atoms with Crippen molar-refractivity contribution in [3.05, 3.63) is 105 Å². The van der Waals surface area contributed by atoms with E-state index in [4.69, 9.17) is 9.15 Å². The van der Waals surface area contributed by atoms with Gasteiger partial charge in [0.2, 0.25) is 0 Å². The number of nitrogens with zero attached hydrogens (tertiary/aromatic N) is 1. The van der Waals surface area contributed by atoms with Gasteiger partial charge < -0.3 is 18.8 Å². The van der Waals surface area contributed by atoms with Gasteiger partial charge in [0.1, 0.15) is 21.8 Å². The van der Waals surface area contributed by atoms with E-state index in [9.17, 15) is 19.1 Å². The van der Waals surface area contributed by atoms with Gasteiger partial charge in [0.25, 0.3) is 5.56 Å². The summed E-state index contributed by atoms with van der Waals surface area (Å²) in [6.07, 6.45) is 0. The number of rotatable bonds is 5. The molecule has 0 amide bonds. The van der Waals surface area contributed by atoms with Crippen molar-refractivity contribution < 1.29 is 18.7 Å². The topological polar surface area (TPSA) is 81.7 Å². The largest absolute Gasteiger partial charge is 0.505 e. The minimum atomic E-state index is -0.814. The average molecular weight is 475 g/mol. The first-order chi connectivity index (χ1) is 16.5. The Morgan fingerprint density at radius 1 is 1.03 bits per heavy atom. The number of aromatic hydroxyl groups is 1. The van der Waals surface area contributed by atoms with Crippen LogP contribution in [0.15, 0.2) is 96.6 Å². The van der Waals surface area contributed by atoms with Crippen molar-refractivity contribution >= 4 is 33.6 Å². The maximum Gasteiger partial charge on any atom is 0.354 e. The summed E-state index contributed by atoms with van der Waals surface area (Å²) in [4.78, 5) is 26.7. The van der Waals surface area contributed by atoms with Gasteiger partial charge in [-0.15, -0.1) is 0 Å². The van der Waals surface area contributed by atoms with Crippen LogP contribution < -0.4 is 15.9 Å². The second-order valence-electron chi connectivity index (χ2n) is 7.55. The van der Waals surface area contributed by atoms with Crippen LogP contribution in [-0.2, 0) is 6.54 Å². The van der Waals surface area contributed by atoms with Gasteiger partial charge in [-0.05, 0) is 36.4 Å². The van der Waals surface area contributed by atoms with E-state index in [1.54, 1.807) is 43.5 Å². The quantitative estimate of drug-likeness (QED) is 0.354. The lowest BCUT2D eigenvalue weighted by atomic mass is 10.1. The Morgan fingerprint density at radius 3 is 2.59 bits per heavy atom. The van der Waals surface area contributed by atoms with Crippen molar-refractivity contribution in [3.63, 3.8) is 0 Å². The van der Waals surface area contributed by atoms with Gasteiger partial charge in [-0.2, -0.15) is 0 Å². The predicted molar refractivity (Wildman–Crippen MR) is 129 cm³/mol. The molecule has 170 valence electrons. The fourth-order valence-electron chi connectivity index (χ4n) is 3.94. The molecule has 34 heavy (non-hydrogen) atoms. The molecule has 5 aromatic rings. The van der Waals surface area contributed by atoms with Gasteiger partial charge in [-0.1, -0.05) is 48.2 Å². The van der Waals surface area contributed by atoms with Gasteiger partial charge in [-0.3, -0.25) is 4.79 Å². The normalized spacial score (nSPS) is 11.2. The van der Waals surface area contributed by atoms with Gasteiger partial charge in [0.05, 0.1) is 19.2 Å². The van der Waals surface area contributed by atoms with Crippen LogP contribution in [0.2, 0.25) is 0 Å². The molecule has 8 heteroatoms. The molecule has 0 spiro atoms. The van der Waals surface area contributed by atoms with Gasteiger partial charge in [0, 0.05) is 15.8 Å². The van der Waals surface area contributed by atoms with Crippen LogP contribution >= 0.6 is 11.8 Å². The Labute approximate surface area is 196 Å². The summed E-state index contributed by atoms with van der Waals surface area (Å²) in [5.74, 6) is -0.366. The lowest BCUT2D eigenvalue weighted by molar-refractivity contribution is 0.408. The lowest BCUT2D eigenvalue weighted by Crippen LogP contribution is -2.23. The summed E-state index contributed by atoms with van der Waals surface area (Å²) < 4.78 is 26.1. The number of aromatic nitrogens is 1. The monoisotopic (exact) mass is 475 g/mol. The van der Waals surface area contributed by atoms with Crippen LogP contribution in [0.4, 0.5) is 4.39 Å². The van der Waals surface area contributed by atoms with Crippen LogP contribution in [0, 0.1) is 5.82 Å². The Hall–Kier alpha value is -4.04. The maximum atomic E-state index is 13.7. The average Bonchev–Trinajstić information content (AvgIpc) is 2.84.